The molecule has 1 atom stereocenters. The van der Waals surface area contributed by atoms with Gasteiger partial charge in [0.25, 0.3) is 0 Å². The molecule has 0 aliphatic rings. The summed E-state index contributed by atoms with van der Waals surface area (Å²) in [5.41, 5.74) is 12.7. The van der Waals surface area contributed by atoms with Gasteiger partial charge in [0.2, 0.25) is 5.91 Å². The highest BCUT2D eigenvalue weighted by atomic mass is 16.1. The number of nitrogens with one attached hydrogen (secondary N) is 1. The molecule has 1 amide bonds. The van der Waals surface area contributed by atoms with Crippen LogP contribution in [0.4, 0.5) is 0 Å². The van der Waals surface area contributed by atoms with E-state index < -0.39 is 5.54 Å². The van der Waals surface area contributed by atoms with Crippen LogP contribution in [0.5, 0.6) is 0 Å². The molecule has 0 aliphatic carbocycles. The van der Waals surface area contributed by atoms with Crippen molar-refractivity contribution in [2.45, 2.75) is 38.6 Å². The summed E-state index contributed by atoms with van der Waals surface area (Å²) in [4.78, 5) is 13.9. The minimum absolute atomic E-state index is 0.340. The molecule has 6 nitrogen and oxygen atoms in total. The first kappa shape index (κ1) is 13.7. The quantitative estimate of drug-likeness (QED) is 0.275. The molecule has 0 aromatic carbocycles. The summed E-state index contributed by atoms with van der Waals surface area (Å²) < 4.78 is 0. The Morgan fingerprint density at radius 2 is 2.33 bits per heavy atom. The first-order valence-corrected chi connectivity index (χ1v) is 5.12. The fraction of sp³-hybridized carbons (Fsp3) is 0.889. The molecule has 0 aromatic rings. The molecule has 3 N–H and O–H groups in total. The maximum atomic E-state index is 11.2. The van der Waals surface area contributed by atoms with Crippen LogP contribution < -0.4 is 11.1 Å². The Balaban J connectivity index is 3.96. The molecule has 0 saturated heterocycles. The third kappa shape index (κ3) is 5.24. The van der Waals surface area contributed by atoms with Crippen LogP contribution >= 0.6 is 0 Å². The summed E-state index contributed by atoms with van der Waals surface area (Å²) in [5.74, 6) is -0.340. The fourth-order valence-corrected chi connectivity index (χ4v) is 1.36. The van der Waals surface area contributed by atoms with Crippen molar-refractivity contribution in [3.8, 4) is 0 Å². The molecule has 0 bridgehead atoms. The van der Waals surface area contributed by atoms with Gasteiger partial charge >= 0.3 is 0 Å². The number of rotatable bonds is 8. The van der Waals surface area contributed by atoms with E-state index in [1.54, 1.807) is 6.92 Å². The zero-order valence-corrected chi connectivity index (χ0v) is 9.36. The Morgan fingerprint density at radius 3 is 2.80 bits per heavy atom. The average molecular weight is 213 g/mol. The van der Waals surface area contributed by atoms with Crippen LogP contribution in [0.3, 0.4) is 0 Å². The average Bonchev–Trinajstić information content (AvgIpc) is 2.18. The van der Waals surface area contributed by atoms with Gasteiger partial charge in [-0.3, -0.25) is 4.79 Å². The molecular weight excluding hydrogens is 194 g/mol. The fourth-order valence-electron chi connectivity index (χ4n) is 1.36. The van der Waals surface area contributed by atoms with Gasteiger partial charge in [-0.05, 0) is 31.8 Å². The number of nitrogens with two attached hydrogens (primary N) is 1. The Labute approximate surface area is 89.8 Å². The van der Waals surface area contributed by atoms with E-state index in [2.05, 4.69) is 15.3 Å². The molecule has 15 heavy (non-hydrogen) atoms. The van der Waals surface area contributed by atoms with E-state index in [4.69, 9.17) is 11.3 Å². The van der Waals surface area contributed by atoms with E-state index >= 15 is 0 Å². The molecule has 0 fully saturated rings. The number of carbonyl (C=O) groups excluding carboxylic acids is 1. The minimum Gasteiger partial charge on any atom is -0.368 e. The van der Waals surface area contributed by atoms with E-state index in [-0.39, 0.29) is 5.91 Å². The van der Waals surface area contributed by atoms with Gasteiger partial charge in [-0.15, -0.1) is 0 Å². The maximum Gasteiger partial charge on any atom is 0.237 e. The van der Waals surface area contributed by atoms with Gasteiger partial charge in [0, 0.05) is 11.5 Å². The smallest absolute Gasteiger partial charge is 0.237 e. The van der Waals surface area contributed by atoms with Crippen molar-refractivity contribution >= 4 is 5.91 Å². The van der Waals surface area contributed by atoms with E-state index in [9.17, 15) is 4.79 Å². The van der Waals surface area contributed by atoms with Gasteiger partial charge in [0.1, 0.15) is 0 Å². The zero-order valence-electron chi connectivity index (χ0n) is 9.36. The van der Waals surface area contributed by atoms with Crippen molar-refractivity contribution in [3.63, 3.8) is 0 Å². The molecule has 0 spiro atoms. The lowest BCUT2D eigenvalue weighted by Crippen LogP contribution is -2.53. The Kier molecular flexibility index (Phi) is 6.49. The van der Waals surface area contributed by atoms with Crippen molar-refractivity contribution in [2.24, 2.45) is 10.8 Å². The highest BCUT2D eigenvalue weighted by Crippen LogP contribution is 2.11. The number of primary amides is 1. The molecule has 0 radical (unpaired) electrons. The molecular formula is C9H19N5O. The Bertz CT molecular complexity index is 249. The second-order valence-electron chi connectivity index (χ2n) is 3.68. The van der Waals surface area contributed by atoms with Gasteiger partial charge in [0.15, 0.2) is 0 Å². The first-order valence-electron chi connectivity index (χ1n) is 5.12. The Morgan fingerprint density at radius 1 is 1.67 bits per heavy atom. The lowest BCUT2D eigenvalue weighted by Gasteiger charge is -2.27. The van der Waals surface area contributed by atoms with Crippen LogP contribution in [0, 0.1) is 0 Å². The predicted molar refractivity (Wildman–Crippen MR) is 59.1 cm³/mol. The number of hydrogen-bond donors (Lipinski definition) is 2. The summed E-state index contributed by atoms with van der Waals surface area (Å²) in [5, 5.41) is 6.50. The van der Waals surface area contributed by atoms with Crippen LogP contribution in [0.15, 0.2) is 5.11 Å². The zero-order chi connectivity index (χ0) is 11.7. The van der Waals surface area contributed by atoms with Gasteiger partial charge in [-0.25, -0.2) is 0 Å². The molecule has 0 aliphatic heterocycles. The van der Waals surface area contributed by atoms with Crippen LogP contribution in [0.1, 0.15) is 33.1 Å². The van der Waals surface area contributed by atoms with E-state index in [1.807, 2.05) is 6.92 Å². The monoisotopic (exact) mass is 213 g/mol. The SMILES string of the molecule is CCCC(C)(NCCCN=[N+]=[N-])C(N)=O. The number of carbonyl (C=O) groups is 1. The number of nitrogens with zero attached hydrogens (tertiary/aromatic N) is 3. The first-order chi connectivity index (χ1) is 7.06. The molecule has 86 valence electrons. The summed E-state index contributed by atoms with van der Waals surface area (Å²) in [6.45, 7) is 4.86. The second-order valence-corrected chi connectivity index (χ2v) is 3.68. The molecule has 0 heterocycles. The van der Waals surface area contributed by atoms with Gasteiger partial charge in [0.05, 0.1) is 5.54 Å². The number of azide groups is 1. The van der Waals surface area contributed by atoms with Crippen molar-refractivity contribution in [1.29, 1.82) is 0 Å². The topological polar surface area (TPSA) is 104 Å². The normalized spacial score (nSPS) is 14.0. The molecule has 0 saturated carbocycles. The largest absolute Gasteiger partial charge is 0.368 e. The molecule has 0 aromatic heterocycles. The summed E-state index contributed by atoms with van der Waals surface area (Å²) in [6.07, 6.45) is 2.31. The van der Waals surface area contributed by atoms with E-state index in [1.165, 1.54) is 0 Å². The molecule has 0 rings (SSSR count). The number of amides is 1. The summed E-state index contributed by atoms with van der Waals surface area (Å²) >= 11 is 0. The lowest BCUT2D eigenvalue weighted by atomic mass is 9.95. The van der Waals surface area contributed by atoms with Crippen molar-refractivity contribution in [2.75, 3.05) is 13.1 Å². The Hall–Kier alpha value is -1.26. The highest BCUT2D eigenvalue weighted by molar-refractivity contribution is 5.84. The van der Waals surface area contributed by atoms with Crippen LogP contribution in [-0.2, 0) is 4.79 Å². The highest BCUT2D eigenvalue weighted by Gasteiger charge is 2.28. The summed E-state index contributed by atoms with van der Waals surface area (Å²) in [6, 6.07) is 0. The third-order valence-electron chi connectivity index (χ3n) is 2.31. The second kappa shape index (κ2) is 7.09. The van der Waals surface area contributed by atoms with Gasteiger partial charge in [-0.2, -0.15) is 0 Å². The van der Waals surface area contributed by atoms with Crippen LogP contribution in [0.25, 0.3) is 10.4 Å². The van der Waals surface area contributed by atoms with Crippen molar-refractivity contribution < 1.29 is 4.79 Å². The minimum atomic E-state index is -0.648. The molecule has 1 unspecified atom stereocenters. The van der Waals surface area contributed by atoms with Gasteiger partial charge < -0.3 is 11.1 Å². The number of hydrogen-bond acceptors (Lipinski definition) is 3. The van der Waals surface area contributed by atoms with E-state index in [0.717, 1.165) is 6.42 Å². The summed E-state index contributed by atoms with van der Waals surface area (Å²) in [7, 11) is 0. The van der Waals surface area contributed by atoms with Crippen molar-refractivity contribution in [1.82, 2.24) is 5.32 Å². The van der Waals surface area contributed by atoms with Gasteiger partial charge in [-0.1, -0.05) is 18.5 Å². The van der Waals surface area contributed by atoms with E-state index in [0.29, 0.717) is 25.9 Å². The standard InChI is InChI=1S/C9H19N5O/c1-3-5-9(2,8(10)15)12-6-4-7-13-14-11/h12H,3-7H2,1-2H3,(H2,10,15). The van der Waals surface area contributed by atoms with Crippen LogP contribution in [-0.4, -0.2) is 24.5 Å². The lowest BCUT2D eigenvalue weighted by molar-refractivity contribution is -0.124. The predicted octanol–water partition coefficient (Wildman–Crippen LogP) is 1.32. The van der Waals surface area contributed by atoms with Crippen molar-refractivity contribution in [3.05, 3.63) is 10.4 Å². The van der Waals surface area contributed by atoms with Crippen LogP contribution in [0.2, 0.25) is 0 Å². The molecule has 6 heteroatoms. The maximum absolute atomic E-state index is 11.2. The third-order valence-corrected chi connectivity index (χ3v) is 2.31.